The van der Waals surface area contributed by atoms with Crippen molar-refractivity contribution < 1.29 is 23.7 Å². The number of aryl methyl sites for hydroxylation is 1. The number of carbonyl (C=O) groups is 1. The number of nitriles is 1. The first-order valence-electron chi connectivity index (χ1n) is 13.8. The minimum absolute atomic E-state index is 0.00941. The van der Waals surface area contributed by atoms with Gasteiger partial charge in [-0.3, -0.25) is 0 Å². The second-order valence-electron chi connectivity index (χ2n) is 10.6. The van der Waals surface area contributed by atoms with E-state index in [0.29, 0.717) is 53.3 Å². The van der Waals surface area contributed by atoms with Gasteiger partial charge in [0.25, 0.3) is 0 Å². The van der Waals surface area contributed by atoms with Crippen LogP contribution in [0.15, 0.2) is 102 Å². The van der Waals surface area contributed by atoms with Gasteiger partial charge in [0.2, 0.25) is 5.88 Å². The molecule has 5 rings (SSSR count). The molecule has 7 heteroatoms. The molecule has 42 heavy (non-hydrogen) atoms. The van der Waals surface area contributed by atoms with Crippen LogP contribution in [0.4, 0.5) is 0 Å². The normalized spacial score (nSPS) is 14.0. The molecule has 0 aliphatic carbocycles. The van der Waals surface area contributed by atoms with E-state index in [2.05, 4.69) is 32.0 Å². The SMILES string of the molecule is Cc1ccc(COc2ccc(C3C(C#N)=C(N)Oc4cc(OC(=O)c5ccc(OCC(C)C)cc5)ccc43)cc2)cc1. The van der Waals surface area contributed by atoms with Crippen molar-refractivity contribution in [2.45, 2.75) is 33.3 Å². The van der Waals surface area contributed by atoms with Crippen molar-refractivity contribution in [2.75, 3.05) is 6.61 Å². The highest BCUT2D eigenvalue weighted by molar-refractivity contribution is 5.91. The lowest BCUT2D eigenvalue weighted by Gasteiger charge is -2.26. The topological polar surface area (TPSA) is 104 Å². The van der Waals surface area contributed by atoms with Crippen molar-refractivity contribution in [3.63, 3.8) is 0 Å². The first kappa shape index (κ1) is 28.3. The minimum atomic E-state index is -0.514. The molecule has 2 N–H and O–H groups in total. The third kappa shape index (κ3) is 6.56. The van der Waals surface area contributed by atoms with E-state index in [4.69, 9.17) is 24.7 Å². The molecular formula is C35H32N2O5. The monoisotopic (exact) mass is 560 g/mol. The van der Waals surface area contributed by atoms with E-state index in [-0.39, 0.29) is 5.88 Å². The number of hydrogen-bond acceptors (Lipinski definition) is 7. The fraction of sp³-hybridized carbons (Fsp3) is 0.200. The van der Waals surface area contributed by atoms with E-state index >= 15 is 0 Å². The maximum atomic E-state index is 12.8. The smallest absolute Gasteiger partial charge is 0.343 e. The maximum absolute atomic E-state index is 12.8. The molecule has 7 nitrogen and oxygen atoms in total. The van der Waals surface area contributed by atoms with Gasteiger partial charge in [-0.05, 0) is 66.4 Å². The number of rotatable bonds is 9. The summed E-state index contributed by atoms with van der Waals surface area (Å²) in [6, 6.07) is 29.9. The van der Waals surface area contributed by atoms with Gasteiger partial charge in [-0.1, -0.05) is 61.9 Å². The summed E-state index contributed by atoms with van der Waals surface area (Å²) in [5, 5.41) is 9.91. The van der Waals surface area contributed by atoms with E-state index < -0.39 is 11.9 Å². The van der Waals surface area contributed by atoms with Gasteiger partial charge in [-0.2, -0.15) is 5.26 Å². The molecule has 0 saturated carbocycles. The Labute approximate surface area is 245 Å². The highest BCUT2D eigenvalue weighted by Gasteiger charge is 2.31. The second-order valence-corrected chi connectivity index (χ2v) is 10.6. The summed E-state index contributed by atoms with van der Waals surface area (Å²) in [7, 11) is 0. The number of esters is 1. The molecule has 0 fully saturated rings. The van der Waals surface area contributed by atoms with Crippen molar-refractivity contribution in [1.82, 2.24) is 0 Å². The highest BCUT2D eigenvalue weighted by Crippen LogP contribution is 2.43. The number of fused-ring (bicyclic) bond motifs is 1. The van der Waals surface area contributed by atoms with Gasteiger partial charge in [0.15, 0.2) is 0 Å². The van der Waals surface area contributed by atoms with Crippen LogP contribution in [0.25, 0.3) is 0 Å². The molecule has 1 atom stereocenters. The largest absolute Gasteiger partial charge is 0.493 e. The predicted molar refractivity (Wildman–Crippen MR) is 159 cm³/mol. The Morgan fingerprint density at radius 1 is 0.905 bits per heavy atom. The molecule has 0 amide bonds. The van der Waals surface area contributed by atoms with E-state index in [1.54, 1.807) is 42.5 Å². The fourth-order valence-corrected chi connectivity index (χ4v) is 4.57. The number of ether oxygens (including phenoxy) is 4. The summed E-state index contributed by atoms with van der Waals surface area (Å²) in [6.45, 7) is 7.23. The lowest BCUT2D eigenvalue weighted by molar-refractivity contribution is 0.0734. The van der Waals surface area contributed by atoms with Gasteiger partial charge in [-0.25, -0.2) is 4.79 Å². The minimum Gasteiger partial charge on any atom is -0.493 e. The summed E-state index contributed by atoms with van der Waals surface area (Å²) >= 11 is 0. The van der Waals surface area contributed by atoms with Gasteiger partial charge < -0.3 is 24.7 Å². The van der Waals surface area contributed by atoms with Crippen molar-refractivity contribution >= 4 is 5.97 Å². The number of nitrogens with two attached hydrogens (primary N) is 1. The summed E-state index contributed by atoms with van der Waals surface area (Å²) in [5.41, 5.74) is 10.7. The third-order valence-electron chi connectivity index (χ3n) is 6.81. The van der Waals surface area contributed by atoms with Crippen molar-refractivity contribution in [3.8, 4) is 29.1 Å². The average Bonchev–Trinajstić information content (AvgIpc) is 2.99. The van der Waals surface area contributed by atoms with Crippen molar-refractivity contribution in [1.29, 1.82) is 5.26 Å². The van der Waals surface area contributed by atoms with E-state index in [9.17, 15) is 10.1 Å². The second kappa shape index (κ2) is 12.5. The van der Waals surface area contributed by atoms with Gasteiger partial charge in [-0.15, -0.1) is 0 Å². The molecule has 1 aliphatic heterocycles. The first-order valence-corrected chi connectivity index (χ1v) is 13.8. The zero-order valence-electron chi connectivity index (χ0n) is 23.8. The summed E-state index contributed by atoms with van der Waals surface area (Å²) in [5.74, 6) is 1.56. The number of carbonyl (C=O) groups excluding carboxylic acids is 1. The van der Waals surface area contributed by atoms with Crippen LogP contribution in [-0.2, 0) is 6.61 Å². The Hall–Kier alpha value is -5.22. The molecular weight excluding hydrogens is 528 g/mol. The van der Waals surface area contributed by atoms with Crippen LogP contribution < -0.4 is 24.7 Å². The molecule has 4 aromatic carbocycles. The van der Waals surface area contributed by atoms with Crippen molar-refractivity contribution in [3.05, 3.63) is 130 Å². The molecule has 1 heterocycles. The molecule has 1 aliphatic rings. The standard InChI is InChI=1S/C35H32N2O5/c1-22(2)20-39-27-14-10-26(11-15-27)35(38)41-29-16-17-30-32(18-29)42-34(37)31(19-36)33(30)25-8-12-28(13-9-25)40-21-24-6-4-23(3)5-7-24/h4-18,22,33H,20-21,37H2,1-3H3. The Bertz CT molecular complexity index is 1630. The fourth-order valence-electron chi connectivity index (χ4n) is 4.57. The molecule has 0 saturated heterocycles. The zero-order chi connectivity index (χ0) is 29.6. The summed E-state index contributed by atoms with van der Waals surface area (Å²) < 4.78 is 23.1. The van der Waals surface area contributed by atoms with E-state index in [1.165, 1.54) is 5.56 Å². The molecule has 0 spiro atoms. The van der Waals surface area contributed by atoms with Crippen LogP contribution in [0.3, 0.4) is 0 Å². The van der Waals surface area contributed by atoms with Gasteiger partial charge in [0.05, 0.1) is 18.1 Å². The van der Waals surface area contributed by atoms with E-state index in [1.807, 2.05) is 43.3 Å². The van der Waals surface area contributed by atoms with Gasteiger partial charge in [0.1, 0.15) is 41.2 Å². The highest BCUT2D eigenvalue weighted by atomic mass is 16.5. The number of benzene rings is 4. The number of nitrogens with zero attached hydrogens (tertiary/aromatic N) is 1. The molecule has 212 valence electrons. The maximum Gasteiger partial charge on any atom is 0.343 e. The predicted octanol–water partition coefficient (Wildman–Crippen LogP) is 7.05. The quantitative estimate of drug-likeness (QED) is 0.173. The van der Waals surface area contributed by atoms with Crippen LogP contribution in [0.2, 0.25) is 0 Å². The zero-order valence-corrected chi connectivity index (χ0v) is 23.8. The molecule has 0 bridgehead atoms. The van der Waals surface area contributed by atoms with Crippen LogP contribution in [0.1, 0.15) is 52.4 Å². The lowest BCUT2D eigenvalue weighted by atomic mass is 9.83. The third-order valence-corrected chi connectivity index (χ3v) is 6.81. The van der Waals surface area contributed by atoms with Crippen LogP contribution in [0, 0.1) is 24.2 Å². The van der Waals surface area contributed by atoms with Crippen LogP contribution in [-0.4, -0.2) is 12.6 Å². The first-order chi connectivity index (χ1) is 20.3. The Morgan fingerprint density at radius 3 is 2.21 bits per heavy atom. The Balaban J connectivity index is 1.31. The Morgan fingerprint density at radius 2 is 1.55 bits per heavy atom. The van der Waals surface area contributed by atoms with Crippen LogP contribution >= 0.6 is 0 Å². The molecule has 0 aromatic heterocycles. The lowest BCUT2D eigenvalue weighted by Crippen LogP contribution is -2.21. The number of allylic oxidation sites excluding steroid dienone is 1. The van der Waals surface area contributed by atoms with E-state index in [0.717, 1.165) is 16.7 Å². The van der Waals surface area contributed by atoms with Crippen molar-refractivity contribution in [2.24, 2.45) is 11.7 Å². The van der Waals surface area contributed by atoms with Gasteiger partial charge >= 0.3 is 5.97 Å². The molecule has 1 unspecified atom stereocenters. The molecule has 0 radical (unpaired) electrons. The summed E-state index contributed by atoms with van der Waals surface area (Å²) in [6.07, 6.45) is 0. The Kier molecular flexibility index (Phi) is 8.44. The van der Waals surface area contributed by atoms with Gasteiger partial charge in [0, 0.05) is 11.6 Å². The summed E-state index contributed by atoms with van der Waals surface area (Å²) in [4.78, 5) is 12.8. The number of hydrogen-bond donors (Lipinski definition) is 1. The molecule has 4 aromatic rings. The van der Waals surface area contributed by atoms with Crippen LogP contribution in [0.5, 0.6) is 23.0 Å². The average molecular weight is 561 g/mol.